The molecule has 21 heavy (non-hydrogen) atoms. The van der Waals surface area contributed by atoms with Gasteiger partial charge in [0, 0.05) is 11.4 Å². The van der Waals surface area contributed by atoms with Crippen LogP contribution in [0, 0.1) is 0 Å². The Morgan fingerprint density at radius 3 is 2.86 bits per heavy atom. The zero-order valence-corrected chi connectivity index (χ0v) is 14.8. The molecule has 0 aliphatic rings. The molecule has 0 atom stereocenters. The van der Waals surface area contributed by atoms with Gasteiger partial charge in [-0.1, -0.05) is 6.92 Å². The molecule has 2 aromatic heterocycles. The van der Waals surface area contributed by atoms with Crippen LogP contribution >= 0.6 is 27.3 Å². The molecule has 0 unspecified atom stereocenters. The van der Waals surface area contributed by atoms with Crippen LogP contribution in [-0.2, 0) is 23.1 Å². The molecule has 0 aliphatic carbocycles. The topological polar surface area (TPSA) is 71.3 Å². The molecule has 0 fully saturated rings. The molecule has 0 saturated carbocycles. The van der Waals surface area contributed by atoms with Crippen LogP contribution in [0.25, 0.3) is 0 Å². The van der Waals surface area contributed by atoms with Crippen LogP contribution in [-0.4, -0.2) is 15.0 Å². The number of sulfonamides is 1. The van der Waals surface area contributed by atoms with Gasteiger partial charge in [-0.25, -0.2) is 13.1 Å². The van der Waals surface area contributed by atoms with Gasteiger partial charge in [-0.3, -0.25) is 0 Å². The van der Waals surface area contributed by atoms with Crippen LogP contribution in [0.4, 0.5) is 0 Å². The van der Waals surface area contributed by atoms with E-state index in [-0.39, 0.29) is 11.4 Å². The smallest absolute Gasteiger partial charge is 0.242 e. The summed E-state index contributed by atoms with van der Waals surface area (Å²) in [6, 6.07) is 5.15. The van der Waals surface area contributed by atoms with Crippen LogP contribution in [0.2, 0.25) is 0 Å². The predicted octanol–water partition coefficient (Wildman–Crippen LogP) is 3.08. The first kappa shape index (κ1) is 16.7. The lowest BCUT2D eigenvalue weighted by Gasteiger charge is -2.03. The molecule has 0 amide bonds. The van der Waals surface area contributed by atoms with Gasteiger partial charge in [0.05, 0.1) is 16.6 Å². The number of nitrogens with one attached hydrogen (secondary N) is 2. The van der Waals surface area contributed by atoms with E-state index in [0.717, 1.165) is 17.8 Å². The molecule has 0 spiro atoms. The van der Waals surface area contributed by atoms with Crippen LogP contribution in [0.5, 0.6) is 0 Å². The predicted molar refractivity (Wildman–Crippen MR) is 86.8 cm³/mol. The molecule has 2 aromatic rings. The number of halogens is 1. The summed E-state index contributed by atoms with van der Waals surface area (Å²) < 4.78 is 32.9. The Labute approximate surface area is 136 Å². The van der Waals surface area contributed by atoms with E-state index in [1.54, 1.807) is 18.2 Å². The van der Waals surface area contributed by atoms with Crippen LogP contribution in [0.3, 0.4) is 0 Å². The van der Waals surface area contributed by atoms with Crippen LogP contribution in [0.1, 0.15) is 24.0 Å². The second-order valence-electron chi connectivity index (χ2n) is 4.43. The van der Waals surface area contributed by atoms with Gasteiger partial charge in [0.2, 0.25) is 10.0 Å². The van der Waals surface area contributed by atoms with Gasteiger partial charge < -0.3 is 9.73 Å². The van der Waals surface area contributed by atoms with E-state index in [2.05, 4.69) is 32.9 Å². The summed E-state index contributed by atoms with van der Waals surface area (Å²) in [5.74, 6) is 0.578. The van der Waals surface area contributed by atoms with Gasteiger partial charge in [0.25, 0.3) is 0 Å². The highest BCUT2D eigenvalue weighted by molar-refractivity contribution is 9.11. The fourth-order valence-electron chi connectivity index (χ4n) is 1.71. The average Bonchev–Trinajstić information content (AvgIpc) is 3.07. The molecular formula is C13H17BrN2O3S2. The van der Waals surface area contributed by atoms with Crippen molar-refractivity contribution in [2.75, 3.05) is 6.54 Å². The molecule has 0 aromatic carbocycles. The summed E-state index contributed by atoms with van der Waals surface area (Å²) in [6.07, 6.45) is 2.56. The van der Waals surface area contributed by atoms with Crippen molar-refractivity contribution in [3.8, 4) is 0 Å². The minimum atomic E-state index is -3.55. The van der Waals surface area contributed by atoms with E-state index in [0.29, 0.717) is 16.1 Å². The lowest BCUT2D eigenvalue weighted by atomic mass is 10.4. The standard InChI is InChI=1S/C13H17BrN2O3S2/c1-2-5-15-9-11-7-12(13(14)20-11)21(17,18)16-8-10-4-3-6-19-10/h3-4,6-7,15-16H,2,5,8-9H2,1H3. The summed E-state index contributed by atoms with van der Waals surface area (Å²) in [5.41, 5.74) is 0. The third kappa shape index (κ3) is 4.65. The summed E-state index contributed by atoms with van der Waals surface area (Å²) in [4.78, 5) is 1.25. The van der Waals surface area contributed by atoms with E-state index in [1.165, 1.54) is 17.6 Å². The van der Waals surface area contributed by atoms with Crippen LogP contribution in [0.15, 0.2) is 37.6 Å². The zero-order chi connectivity index (χ0) is 15.3. The molecule has 0 saturated heterocycles. The van der Waals surface area contributed by atoms with Gasteiger partial charge in [0.1, 0.15) is 10.7 Å². The number of thiophene rings is 1. The minimum Gasteiger partial charge on any atom is -0.468 e. The molecule has 2 rings (SSSR count). The van der Waals surface area contributed by atoms with Gasteiger partial charge in [-0.2, -0.15) is 0 Å². The van der Waals surface area contributed by atoms with Gasteiger partial charge in [0.15, 0.2) is 0 Å². The van der Waals surface area contributed by atoms with Crippen molar-refractivity contribution in [3.05, 3.63) is 38.9 Å². The molecule has 2 N–H and O–H groups in total. The SMILES string of the molecule is CCCNCc1cc(S(=O)(=O)NCc2ccco2)c(Br)s1. The van der Waals surface area contributed by atoms with Crippen molar-refractivity contribution < 1.29 is 12.8 Å². The average molecular weight is 393 g/mol. The van der Waals surface area contributed by atoms with E-state index >= 15 is 0 Å². The molecule has 0 bridgehead atoms. The summed E-state index contributed by atoms with van der Waals surface area (Å²) >= 11 is 4.76. The quantitative estimate of drug-likeness (QED) is 0.677. The largest absolute Gasteiger partial charge is 0.468 e. The van der Waals surface area contributed by atoms with Gasteiger partial charge in [-0.15, -0.1) is 11.3 Å². The van der Waals surface area contributed by atoms with E-state index in [4.69, 9.17) is 4.42 Å². The first-order chi connectivity index (χ1) is 10.0. The highest BCUT2D eigenvalue weighted by Gasteiger charge is 2.21. The van der Waals surface area contributed by atoms with Gasteiger partial charge in [-0.05, 0) is 47.1 Å². The van der Waals surface area contributed by atoms with E-state index in [9.17, 15) is 8.42 Å². The fourth-order valence-corrected chi connectivity index (χ4v) is 5.36. The Kier molecular flexibility index (Phi) is 6.00. The molecule has 0 radical (unpaired) electrons. The first-order valence-electron chi connectivity index (χ1n) is 6.54. The van der Waals surface area contributed by atoms with Crippen molar-refractivity contribution in [1.29, 1.82) is 0 Å². The second kappa shape index (κ2) is 7.55. The maximum atomic E-state index is 12.3. The lowest BCUT2D eigenvalue weighted by Crippen LogP contribution is -2.22. The first-order valence-corrected chi connectivity index (χ1v) is 9.63. The molecule has 116 valence electrons. The maximum Gasteiger partial charge on any atom is 0.242 e. The maximum absolute atomic E-state index is 12.3. The lowest BCUT2D eigenvalue weighted by molar-refractivity contribution is 0.498. The fraction of sp³-hybridized carbons (Fsp3) is 0.385. The Bertz CT molecular complexity index is 666. The second-order valence-corrected chi connectivity index (χ2v) is 8.62. The minimum absolute atomic E-state index is 0.140. The number of furan rings is 1. The third-order valence-electron chi connectivity index (χ3n) is 2.74. The number of hydrogen-bond donors (Lipinski definition) is 2. The van der Waals surface area contributed by atoms with Crippen LogP contribution < -0.4 is 10.0 Å². The van der Waals surface area contributed by atoms with Crippen molar-refractivity contribution in [2.24, 2.45) is 0 Å². The summed E-state index contributed by atoms with van der Waals surface area (Å²) in [7, 11) is -3.55. The molecule has 2 heterocycles. The Morgan fingerprint density at radius 2 is 2.19 bits per heavy atom. The summed E-state index contributed by atoms with van der Waals surface area (Å²) in [6.45, 7) is 3.81. The summed E-state index contributed by atoms with van der Waals surface area (Å²) in [5, 5.41) is 3.26. The zero-order valence-electron chi connectivity index (χ0n) is 11.6. The molecular weight excluding hydrogens is 376 g/mol. The Morgan fingerprint density at radius 1 is 1.38 bits per heavy atom. The molecule has 5 nitrogen and oxygen atoms in total. The van der Waals surface area contributed by atoms with Crippen molar-refractivity contribution >= 4 is 37.3 Å². The van der Waals surface area contributed by atoms with E-state index in [1.807, 2.05) is 0 Å². The Balaban J connectivity index is 2.05. The molecule has 8 heteroatoms. The van der Waals surface area contributed by atoms with Crippen molar-refractivity contribution in [1.82, 2.24) is 10.0 Å². The third-order valence-corrected chi connectivity index (χ3v) is 6.39. The van der Waals surface area contributed by atoms with Crippen molar-refractivity contribution in [3.63, 3.8) is 0 Å². The van der Waals surface area contributed by atoms with Crippen molar-refractivity contribution in [2.45, 2.75) is 31.3 Å². The van der Waals surface area contributed by atoms with Gasteiger partial charge >= 0.3 is 0 Å². The number of hydrogen-bond acceptors (Lipinski definition) is 5. The highest BCUT2D eigenvalue weighted by Crippen LogP contribution is 2.31. The normalized spacial score (nSPS) is 11.9. The number of rotatable bonds is 8. The Hall–Kier alpha value is -0.670. The van der Waals surface area contributed by atoms with E-state index < -0.39 is 10.0 Å². The monoisotopic (exact) mass is 392 g/mol. The molecule has 0 aliphatic heterocycles. The highest BCUT2D eigenvalue weighted by atomic mass is 79.9.